The first-order chi connectivity index (χ1) is 8.86. The fourth-order valence-electron chi connectivity index (χ4n) is 1.45. The van der Waals surface area contributed by atoms with Crippen LogP contribution in [0.15, 0.2) is 12.4 Å². The molecule has 0 aliphatic rings. The van der Waals surface area contributed by atoms with Gasteiger partial charge < -0.3 is 14.8 Å². The molecule has 1 aromatic rings. The van der Waals surface area contributed by atoms with Gasteiger partial charge in [-0.1, -0.05) is 13.3 Å². The second kappa shape index (κ2) is 9.91. The molecule has 5 heteroatoms. The predicted octanol–water partition coefficient (Wildman–Crippen LogP) is 1.69. The Morgan fingerprint density at radius 3 is 2.78 bits per heavy atom. The van der Waals surface area contributed by atoms with Crippen molar-refractivity contribution in [3.63, 3.8) is 0 Å². The van der Waals surface area contributed by atoms with Crippen LogP contribution in [0, 0.1) is 0 Å². The largest absolute Gasteiger partial charge is 0.489 e. The van der Waals surface area contributed by atoms with E-state index in [1.165, 1.54) is 6.42 Å². The summed E-state index contributed by atoms with van der Waals surface area (Å²) >= 11 is 0. The molecule has 0 saturated heterocycles. The maximum absolute atomic E-state index is 5.55. The number of hydrogen-bond donors (Lipinski definition) is 1. The molecule has 0 atom stereocenters. The fourth-order valence-corrected chi connectivity index (χ4v) is 1.45. The Bertz CT molecular complexity index is 302. The van der Waals surface area contributed by atoms with Gasteiger partial charge in [0.2, 0.25) is 0 Å². The topological polar surface area (TPSA) is 48.3 Å². The number of aromatic nitrogens is 2. The summed E-state index contributed by atoms with van der Waals surface area (Å²) in [6, 6.07) is 0. The smallest absolute Gasteiger partial charge is 0.157 e. The molecule has 1 heterocycles. The van der Waals surface area contributed by atoms with E-state index in [-0.39, 0.29) is 0 Å². The highest BCUT2D eigenvalue weighted by atomic mass is 16.5. The Balaban J connectivity index is 1.89. The van der Waals surface area contributed by atoms with Gasteiger partial charge >= 0.3 is 0 Å². The van der Waals surface area contributed by atoms with Gasteiger partial charge in [-0.25, -0.2) is 0 Å². The van der Waals surface area contributed by atoms with E-state index < -0.39 is 0 Å². The number of rotatable bonds is 11. The molecule has 0 spiro atoms. The van der Waals surface area contributed by atoms with Gasteiger partial charge in [-0.3, -0.25) is 4.68 Å². The van der Waals surface area contributed by atoms with Crippen molar-refractivity contribution in [1.29, 1.82) is 0 Å². The summed E-state index contributed by atoms with van der Waals surface area (Å²) in [7, 11) is 0. The van der Waals surface area contributed by atoms with Crippen LogP contribution in [-0.4, -0.2) is 42.7 Å². The number of aryl methyl sites for hydroxylation is 1. The van der Waals surface area contributed by atoms with Crippen molar-refractivity contribution >= 4 is 0 Å². The van der Waals surface area contributed by atoms with E-state index in [9.17, 15) is 0 Å². The van der Waals surface area contributed by atoms with Gasteiger partial charge in [0.05, 0.1) is 19.0 Å². The van der Waals surface area contributed by atoms with E-state index in [4.69, 9.17) is 9.47 Å². The van der Waals surface area contributed by atoms with Gasteiger partial charge in [0, 0.05) is 26.2 Å². The SMILES string of the molecule is CCCCOCCNCCOc1cnn(CC)c1. The normalized spacial score (nSPS) is 10.8. The van der Waals surface area contributed by atoms with Crippen LogP contribution in [0.3, 0.4) is 0 Å². The van der Waals surface area contributed by atoms with Crippen LogP contribution in [0.5, 0.6) is 5.75 Å². The molecule has 0 saturated carbocycles. The van der Waals surface area contributed by atoms with Gasteiger partial charge in [0.25, 0.3) is 0 Å². The van der Waals surface area contributed by atoms with Crippen molar-refractivity contribution in [2.45, 2.75) is 33.2 Å². The third kappa shape index (κ3) is 6.61. The van der Waals surface area contributed by atoms with Crippen molar-refractivity contribution in [3.8, 4) is 5.75 Å². The van der Waals surface area contributed by atoms with Crippen LogP contribution < -0.4 is 10.1 Å². The predicted molar refractivity (Wildman–Crippen MR) is 72.0 cm³/mol. The summed E-state index contributed by atoms with van der Waals surface area (Å²) in [5.74, 6) is 0.831. The van der Waals surface area contributed by atoms with Crippen LogP contribution in [0.4, 0.5) is 0 Å². The average Bonchev–Trinajstić information content (AvgIpc) is 2.85. The van der Waals surface area contributed by atoms with E-state index in [0.29, 0.717) is 6.61 Å². The molecule has 0 aliphatic carbocycles. The molecule has 18 heavy (non-hydrogen) atoms. The van der Waals surface area contributed by atoms with Crippen LogP contribution >= 0.6 is 0 Å². The zero-order valence-electron chi connectivity index (χ0n) is 11.5. The molecular formula is C13H25N3O2. The van der Waals surface area contributed by atoms with Crippen molar-refractivity contribution in [2.24, 2.45) is 0 Å². The summed E-state index contributed by atoms with van der Waals surface area (Å²) in [4.78, 5) is 0. The Morgan fingerprint density at radius 1 is 1.22 bits per heavy atom. The Morgan fingerprint density at radius 2 is 2.06 bits per heavy atom. The maximum Gasteiger partial charge on any atom is 0.157 e. The molecule has 0 aliphatic heterocycles. The molecule has 5 nitrogen and oxygen atoms in total. The van der Waals surface area contributed by atoms with E-state index in [0.717, 1.165) is 45.0 Å². The highest BCUT2D eigenvalue weighted by Gasteiger charge is 1.97. The lowest BCUT2D eigenvalue weighted by Gasteiger charge is -2.06. The zero-order chi connectivity index (χ0) is 13.1. The fraction of sp³-hybridized carbons (Fsp3) is 0.769. The van der Waals surface area contributed by atoms with Gasteiger partial charge in [-0.05, 0) is 13.3 Å². The molecule has 0 bridgehead atoms. The van der Waals surface area contributed by atoms with Crippen LogP contribution in [0.25, 0.3) is 0 Å². The molecule has 0 amide bonds. The molecule has 0 unspecified atom stereocenters. The van der Waals surface area contributed by atoms with E-state index in [2.05, 4.69) is 24.3 Å². The molecular weight excluding hydrogens is 230 g/mol. The van der Waals surface area contributed by atoms with Gasteiger partial charge in [-0.2, -0.15) is 5.10 Å². The summed E-state index contributed by atoms with van der Waals surface area (Å²) < 4.78 is 12.8. The van der Waals surface area contributed by atoms with Gasteiger partial charge in [0.15, 0.2) is 5.75 Å². The second-order valence-electron chi connectivity index (χ2n) is 4.10. The molecule has 0 fully saturated rings. The summed E-state index contributed by atoms with van der Waals surface area (Å²) in [5, 5.41) is 7.42. The third-order valence-electron chi connectivity index (χ3n) is 2.55. The van der Waals surface area contributed by atoms with Crippen molar-refractivity contribution in [2.75, 3.05) is 32.9 Å². The molecule has 0 aromatic carbocycles. The van der Waals surface area contributed by atoms with Crippen molar-refractivity contribution < 1.29 is 9.47 Å². The van der Waals surface area contributed by atoms with Gasteiger partial charge in [-0.15, -0.1) is 0 Å². The maximum atomic E-state index is 5.55. The van der Waals surface area contributed by atoms with Crippen LogP contribution in [0.2, 0.25) is 0 Å². The molecule has 1 rings (SSSR count). The van der Waals surface area contributed by atoms with Crippen LogP contribution in [0.1, 0.15) is 26.7 Å². The lowest BCUT2D eigenvalue weighted by Crippen LogP contribution is -2.25. The summed E-state index contributed by atoms with van der Waals surface area (Å²) in [6.07, 6.45) is 5.99. The Hall–Kier alpha value is -1.07. The zero-order valence-corrected chi connectivity index (χ0v) is 11.5. The number of nitrogens with one attached hydrogen (secondary N) is 1. The number of unbranched alkanes of at least 4 members (excludes halogenated alkanes) is 1. The molecule has 104 valence electrons. The summed E-state index contributed by atoms with van der Waals surface area (Å²) in [6.45, 7) is 9.09. The number of nitrogens with zero attached hydrogens (tertiary/aromatic N) is 2. The van der Waals surface area contributed by atoms with E-state index in [1.807, 2.05) is 10.9 Å². The second-order valence-corrected chi connectivity index (χ2v) is 4.10. The summed E-state index contributed by atoms with van der Waals surface area (Å²) in [5.41, 5.74) is 0. The number of hydrogen-bond acceptors (Lipinski definition) is 4. The standard InChI is InChI=1S/C13H25N3O2/c1-3-5-8-17-9-6-14-7-10-18-13-11-15-16(4-2)12-13/h11-12,14H,3-10H2,1-2H3. The minimum Gasteiger partial charge on any atom is -0.489 e. The lowest BCUT2D eigenvalue weighted by atomic mass is 10.4. The first-order valence-corrected chi connectivity index (χ1v) is 6.80. The molecule has 1 aromatic heterocycles. The third-order valence-corrected chi connectivity index (χ3v) is 2.55. The highest BCUT2D eigenvalue weighted by molar-refractivity contribution is 5.11. The molecule has 0 radical (unpaired) electrons. The quantitative estimate of drug-likeness (QED) is 0.611. The lowest BCUT2D eigenvalue weighted by molar-refractivity contribution is 0.132. The Labute approximate surface area is 109 Å². The minimum absolute atomic E-state index is 0.657. The van der Waals surface area contributed by atoms with E-state index in [1.54, 1.807) is 6.20 Å². The van der Waals surface area contributed by atoms with Crippen molar-refractivity contribution in [3.05, 3.63) is 12.4 Å². The monoisotopic (exact) mass is 255 g/mol. The first-order valence-electron chi connectivity index (χ1n) is 6.80. The van der Waals surface area contributed by atoms with Gasteiger partial charge in [0.1, 0.15) is 6.61 Å². The first kappa shape index (κ1) is 15.0. The van der Waals surface area contributed by atoms with E-state index >= 15 is 0 Å². The average molecular weight is 255 g/mol. The Kier molecular flexibility index (Phi) is 8.25. The van der Waals surface area contributed by atoms with Crippen LogP contribution in [-0.2, 0) is 11.3 Å². The number of ether oxygens (including phenoxy) is 2. The van der Waals surface area contributed by atoms with Crippen molar-refractivity contribution in [1.82, 2.24) is 15.1 Å². The minimum atomic E-state index is 0.657. The molecule has 1 N–H and O–H groups in total. The highest BCUT2D eigenvalue weighted by Crippen LogP contribution is 2.06.